The Kier molecular flexibility index (Phi) is 6.55. The Labute approximate surface area is 195 Å². The number of morpholine rings is 1. The van der Waals surface area contributed by atoms with Crippen LogP contribution in [0.5, 0.6) is 0 Å². The minimum Gasteiger partial charge on any atom is -0.378 e. The van der Waals surface area contributed by atoms with Crippen molar-refractivity contribution >= 4 is 41.0 Å². The predicted molar refractivity (Wildman–Crippen MR) is 124 cm³/mol. The van der Waals surface area contributed by atoms with Crippen LogP contribution in [0.2, 0.25) is 0 Å². The zero-order valence-electron chi connectivity index (χ0n) is 18.4. The average Bonchev–Trinajstić information content (AvgIpc) is 3.06. The van der Waals surface area contributed by atoms with Crippen LogP contribution in [-0.4, -0.2) is 60.5 Å². The third kappa shape index (κ3) is 5.04. The zero-order valence-corrected chi connectivity index (χ0v) is 18.4. The van der Waals surface area contributed by atoms with Crippen LogP contribution in [-0.2, 0) is 14.3 Å². The van der Waals surface area contributed by atoms with Crippen LogP contribution in [0.25, 0.3) is 6.08 Å². The lowest BCUT2D eigenvalue weighted by Crippen LogP contribution is -2.38. The molecule has 0 bridgehead atoms. The van der Waals surface area contributed by atoms with Crippen molar-refractivity contribution in [1.29, 1.82) is 0 Å². The van der Waals surface area contributed by atoms with E-state index in [9.17, 15) is 24.5 Å². The quantitative estimate of drug-likeness (QED) is 0.289. The summed E-state index contributed by atoms with van der Waals surface area (Å²) in [5, 5.41) is 16.7. The van der Waals surface area contributed by atoms with Crippen molar-refractivity contribution in [3.8, 4) is 0 Å². The molecule has 2 fully saturated rings. The number of benzene rings is 2. The summed E-state index contributed by atoms with van der Waals surface area (Å²) in [7, 11) is 0. The zero-order chi connectivity index (χ0) is 24.2. The maximum Gasteiger partial charge on any atom is 0.329 e. The van der Waals surface area contributed by atoms with Crippen LogP contribution in [0, 0.1) is 17.0 Å². The minimum atomic E-state index is -0.741. The van der Waals surface area contributed by atoms with Crippen molar-refractivity contribution in [3.05, 3.63) is 69.4 Å². The van der Waals surface area contributed by atoms with Crippen molar-refractivity contribution < 1.29 is 24.0 Å². The minimum absolute atomic E-state index is 0.0678. The summed E-state index contributed by atoms with van der Waals surface area (Å²) >= 11 is 0. The first-order valence-corrected chi connectivity index (χ1v) is 10.6. The van der Waals surface area contributed by atoms with Crippen LogP contribution < -0.4 is 15.5 Å². The van der Waals surface area contributed by atoms with Crippen molar-refractivity contribution in [1.82, 2.24) is 10.2 Å². The number of hydrogen-bond acceptors (Lipinski definition) is 7. The number of ether oxygens (including phenoxy) is 1. The Morgan fingerprint density at radius 3 is 2.68 bits per heavy atom. The molecule has 34 heavy (non-hydrogen) atoms. The largest absolute Gasteiger partial charge is 0.378 e. The number of amides is 4. The summed E-state index contributed by atoms with van der Waals surface area (Å²) in [6, 6.07) is 11.0. The highest BCUT2D eigenvalue weighted by molar-refractivity contribution is 6.16. The molecule has 2 saturated heterocycles. The predicted octanol–water partition coefficient (Wildman–Crippen LogP) is 2.27. The van der Waals surface area contributed by atoms with E-state index in [-0.39, 0.29) is 11.4 Å². The summed E-state index contributed by atoms with van der Waals surface area (Å²) in [4.78, 5) is 51.2. The molecule has 2 aromatic carbocycles. The highest BCUT2D eigenvalue weighted by Crippen LogP contribution is 2.31. The van der Waals surface area contributed by atoms with Gasteiger partial charge in [-0.2, -0.15) is 0 Å². The van der Waals surface area contributed by atoms with E-state index in [1.807, 2.05) is 17.9 Å². The molecule has 2 aliphatic rings. The highest BCUT2D eigenvalue weighted by atomic mass is 16.6. The van der Waals surface area contributed by atoms with E-state index >= 15 is 0 Å². The van der Waals surface area contributed by atoms with Crippen LogP contribution in [0.15, 0.2) is 48.2 Å². The first kappa shape index (κ1) is 22.9. The second-order valence-corrected chi connectivity index (χ2v) is 7.90. The third-order valence-electron chi connectivity index (χ3n) is 5.42. The first-order valence-electron chi connectivity index (χ1n) is 10.6. The van der Waals surface area contributed by atoms with Crippen molar-refractivity contribution in [2.24, 2.45) is 0 Å². The molecule has 0 spiro atoms. The SMILES string of the molecule is Cc1cccc(NC(=O)CN2C(=O)N/C(=C/c3ccc(N4CCOCC4)c([N+](=O)[O-])c3)C2=O)c1. The van der Waals surface area contributed by atoms with Gasteiger partial charge in [0, 0.05) is 24.8 Å². The molecular weight excluding hydrogens is 442 g/mol. The van der Waals surface area contributed by atoms with E-state index in [0.717, 1.165) is 10.5 Å². The lowest BCUT2D eigenvalue weighted by atomic mass is 10.1. The number of rotatable bonds is 6. The number of aryl methyl sites for hydroxylation is 1. The van der Waals surface area contributed by atoms with Gasteiger partial charge in [0.05, 0.1) is 18.1 Å². The first-order chi connectivity index (χ1) is 16.3. The van der Waals surface area contributed by atoms with Crippen LogP contribution in [0.1, 0.15) is 11.1 Å². The van der Waals surface area contributed by atoms with Gasteiger partial charge in [-0.25, -0.2) is 9.69 Å². The molecule has 2 heterocycles. The fraction of sp³-hybridized carbons (Fsp3) is 0.261. The number of carbonyl (C=O) groups excluding carboxylic acids is 3. The molecule has 0 unspecified atom stereocenters. The number of nitrogens with zero attached hydrogens (tertiary/aromatic N) is 3. The Bertz CT molecular complexity index is 1190. The van der Waals surface area contributed by atoms with Gasteiger partial charge in [-0.1, -0.05) is 18.2 Å². The maximum absolute atomic E-state index is 12.7. The van der Waals surface area contributed by atoms with E-state index in [1.165, 1.54) is 12.1 Å². The van der Waals surface area contributed by atoms with Gasteiger partial charge in [-0.15, -0.1) is 0 Å². The summed E-state index contributed by atoms with van der Waals surface area (Å²) < 4.78 is 5.30. The van der Waals surface area contributed by atoms with Crippen LogP contribution >= 0.6 is 0 Å². The number of nitrogens with one attached hydrogen (secondary N) is 2. The van der Waals surface area contributed by atoms with Gasteiger partial charge in [-0.3, -0.25) is 19.7 Å². The molecule has 0 aromatic heterocycles. The number of imide groups is 1. The van der Waals surface area contributed by atoms with E-state index in [2.05, 4.69) is 10.6 Å². The van der Waals surface area contributed by atoms with Gasteiger partial charge in [0.25, 0.3) is 11.6 Å². The Morgan fingerprint density at radius 1 is 1.21 bits per heavy atom. The molecule has 0 saturated carbocycles. The standard InChI is InChI=1S/C23H23N5O6/c1-15-3-2-4-17(11-15)24-21(29)14-27-22(30)18(25-23(27)31)12-16-5-6-19(20(13-16)28(32)33)26-7-9-34-10-8-26/h2-6,11-13H,7-10,14H2,1H3,(H,24,29)(H,25,31)/b18-12+. The molecule has 11 heteroatoms. The number of nitro groups is 1. The monoisotopic (exact) mass is 465 g/mol. The molecule has 4 amide bonds. The molecule has 4 rings (SSSR count). The van der Waals surface area contributed by atoms with E-state index in [1.54, 1.807) is 30.3 Å². The third-order valence-corrected chi connectivity index (χ3v) is 5.42. The number of urea groups is 1. The van der Waals surface area contributed by atoms with E-state index in [4.69, 9.17) is 4.74 Å². The molecule has 176 valence electrons. The number of anilines is 2. The normalized spacial score (nSPS) is 17.1. The van der Waals surface area contributed by atoms with Gasteiger partial charge >= 0.3 is 6.03 Å². The number of carbonyl (C=O) groups is 3. The fourth-order valence-corrected chi connectivity index (χ4v) is 3.80. The van der Waals surface area contributed by atoms with Crippen molar-refractivity contribution in [2.75, 3.05) is 43.1 Å². The van der Waals surface area contributed by atoms with Gasteiger partial charge in [-0.05, 0) is 42.3 Å². The summed E-state index contributed by atoms with van der Waals surface area (Å²) in [5.74, 6) is -1.22. The molecule has 2 N–H and O–H groups in total. The fourth-order valence-electron chi connectivity index (χ4n) is 3.80. The summed E-state index contributed by atoms with van der Waals surface area (Å²) in [5.41, 5.74) is 2.17. The van der Waals surface area contributed by atoms with Gasteiger partial charge < -0.3 is 20.3 Å². The van der Waals surface area contributed by atoms with Crippen LogP contribution in [0.4, 0.5) is 21.9 Å². The van der Waals surface area contributed by atoms with Crippen LogP contribution in [0.3, 0.4) is 0 Å². The van der Waals surface area contributed by atoms with E-state index < -0.39 is 29.3 Å². The molecule has 0 aliphatic carbocycles. The molecule has 0 radical (unpaired) electrons. The van der Waals surface area contributed by atoms with Gasteiger partial charge in [0.2, 0.25) is 5.91 Å². The Hall–Kier alpha value is -4.25. The molecule has 2 aliphatic heterocycles. The molecule has 11 nitrogen and oxygen atoms in total. The van der Waals surface area contributed by atoms with Crippen molar-refractivity contribution in [3.63, 3.8) is 0 Å². The number of nitro benzene ring substituents is 1. The maximum atomic E-state index is 12.7. The van der Waals surface area contributed by atoms with Gasteiger partial charge in [0.1, 0.15) is 17.9 Å². The lowest BCUT2D eigenvalue weighted by Gasteiger charge is -2.28. The summed E-state index contributed by atoms with van der Waals surface area (Å²) in [6.07, 6.45) is 1.36. The average molecular weight is 465 g/mol. The molecule has 2 aromatic rings. The Balaban J connectivity index is 1.49. The van der Waals surface area contributed by atoms with E-state index in [0.29, 0.717) is 43.2 Å². The number of hydrogen-bond donors (Lipinski definition) is 2. The Morgan fingerprint density at radius 2 is 1.97 bits per heavy atom. The second kappa shape index (κ2) is 9.71. The molecular formula is C23H23N5O6. The van der Waals surface area contributed by atoms with Gasteiger partial charge in [0.15, 0.2) is 0 Å². The smallest absolute Gasteiger partial charge is 0.329 e. The van der Waals surface area contributed by atoms with Crippen molar-refractivity contribution in [2.45, 2.75) is 6.92 Å². The highest BCUT2D eigenvalue weighted by Gasteiger charge is 2.35. The lowest BCUT2D eigenvalue weighted by molar-refractivity contribution is -0.384. The topological polar surface area (TPSA) is 134 Å². The second-order valence-electron chi connectivity index (χ2n) is 7.90. The molecule has 0 atom stereocenters. The summed E-state index contributed by atoms with van der Waals surface area (Å²) in [6.45, 7) is 3.45.